The zero-order valence-electron chi connectivity index (χ0n) is 9.83. The quantitative estimate of drug-likeness (QED) is 0.631. The van der Waals surface area contributed by atoms with Crippen molar-refractivity contribution in [1.82, 2.24) is 0 Å². The lowest BCUT2D eigenvalue weighted by molar-refractivity contribution is 0.112. The third kappa shape index (κ3) is 3.35. The van der Waals surface area contributed by atoms with Crippen LogP contribution in [0.4, 0.5) is 0 Å². The van der Waals surface area contributed by atoms with E-state index in [0.717, 1.165) is 6.29 Å². The van der Waals surface area contributed by atoms with Crippen LogP contribution in [0.5, 0.6) is 11.5 Å². The SMILES string of the molecule is COc1cc(Br)c(C=O)cc1O[Si](C)(C)C. The smallest absolute Gasteiger partial charge is 0.242 e. The van der Waals surface area contributed by atoms with Crippen LogP contribution in [0.2, 0.25) is 19.6 Å². The first-order valence-corrected chi connectivity index (χ1v) is 9.09. The van der Waals surface area contributed by atoms with Crippen LogP contribution in [0.3, 0.4) is 0 Å². The van der Waals surface area contributed by atoms with Gasteiger partial charge in [0.05, 0.1) is 7.11 Å². The van der Waals surface area contributed by atoms with E-state index in [2.05, 4.69) is 35.6 Å². The van der Waals surface area contributed by atoms with Crippen molar-refractivity contribution >= 4 is 30.5 Å². The first-order valence-electron chi connectivity index (χ1n) is 4.89. The van der Waals surface area contributed by atoms with Gasteiger partial charge in [0.2, 0.25) is 8.32 Å². The lowest BCUT2D eigenvalue weighted by Crippen LogP contribution is -2.29. The van der Waals surface area contributed by atoms with E-state index in [0.29, 0.717) is 21.5 Å². The zero-order valence-corrected chi connectivity index (χ0v) is 12.4. The van der Waals surface area contributed by atoms with Gasteiger partial charge in [-0.05, 0) is 47.7 Å². The van der Waals surface area contributed by atoms with E-state index in [9.17, 15) is 4.79 Å². The molecule has 0 N–H and O–H groups in total. The lowest BCUT2D eigenvalue weighted by Gasteiger charge is -2.21. The monoisotopic (exact) mass is 302 g/mol. The number of rotatable bonds is 4. The number of hydrogen-bond acceptors (Lipinski definition) is 3. The molecule has 0 saturated heterocycles. The van der Waals surface area contributed by atoms with Gasteiger partial charge in [-0.15, -0.1) is 0 Å². The van der Waals surface area contributed by atoms with E-state index < -0.39 is 8.32 Å². The minimum absolute atomic E-state index is 0.564. The van der Waals surface area contributed by atoms with Crippen LogP contribution in [0.1, 0.15) is 10.4 Å². The van der Waals surface area contributed by atoms with E-state index in [-0.39, 0.29) is 0 Å². The number of carbonyl (C=O) groups is 1. The number of carbonyl (C=O) groups excluding carboxylic acids is 1. The summed E-state index contributed by atoms with van der Waals surface area (Å²) in [6.45, 7) is 6.24. The molecule has 0 bridgehead atoms. The molecule has 0 heterocycles. The number of hydrogen-bond donors (Lipinski definition) is 0. The number of ether oxygens (including phenoxy) is 1. The molecule has 16 heavy (non-hydrogen) atoms. The number of methoxy groups -OCH3 is 1. The maximum absolute atomic E-state index is 10.8. The topological polar surface area (TPSA) is 35.5 Å². The molecule has 0 radical (unpaired) electrons. The van der Waals surface area contributed by atoms with Gasteiger partial charge < -0.3 is 9.16 Å². The highest BCUT2D eigenvalue weighted by molar-refractivity contribution is 9.10. The van der Waals surface area contributed by atoms with Crippen LogP contribution < -0.4 is 9.16 Å². The Labute approximate surface area is 105 Å². The second kappa shape index (κ2) is 5.01. The lowest BCUT2D eigenvalue weighted by atomic mass is 10.2. The van der Waals surface area contributed by atoms with E-state index >= 15 is 0 Å². The van der Waals surface area contributed by atoms with E-state index in [1.807, 2.05) is 0 Å². The van der Waals surface area contributed by atoms with Gasteiger partial charge >= 0.3 is 0 Å². The minimum atomic E-state index is -1.71. The van der Waals surface area contributed by atoms with Crippen molar-refractivity contribution in [1.29, 1.82) is 0 Å². The molecule has 5 heteroatoms. The molecule has 88 valence electrons. The number of halogens is 1. The van der Waals surface area contributed by atoms with Crippen LogP contribution in [0, 0.1) is 0 Å². The minimum Gasteiger partial charge on any atom is -0.542 e. The molecule has 1 aromatic carbocycles. The Kier molecular flexibility index (Phi) is 4.15. The summed E-state index contributed by atoms with van der Waals surface area (Å²) in [5, 5.41) is 0. The number of aldehydes is 1. The van der Waals surface area contributed by atoms with Crippen molar-refractivity contribution in [2.45, 2.75) is 19.6 Å². The van der Waals surface area contributed by atoms with Gasteiger partial charge in [0.25, 0.3) is 0 Å². The summed E-state index contributed by atoms with van der Waals surface area (Å²) in [4.78, 5) is 10.8. The number of benzene rings is 1. The van der Waals surface area contributed by atoms with Crippen LogP contribution in [0.25, 0.3) is 0 Å². The van der Waals surface area contributed by atoms with Crippen molar-refractivity contribution in [3.8, 4) is 11.5 Å². The van der Waals surface area contributed by atoms with Crippen molar-refractivity contribution in [2.24, 2.45) is 0 Å². The van der Waals surface area contributed by atoms with Gasteiger partial charge in [-0.25, -0.2) is 0 Å². The van der Waals surface area contributed by atoms with Crippen molar-refractivity contribution in [3.63, 3.8) is 0 Å². The summed E-state index contributed by atoms with van der Waals surface area (Å²) in [6, 6.07) is 3.45. The fraction of sp³-hybridized carbons (Fsp3) is 0.364. The Hall–Kier alpha value is -0.813. The Morgan fingerprint density at radius 3 is 2.31 bits per heavy atom. The molecule has 1 rings (SSSR count). The van der Waals surface area contributed by atoms with E-state index in [4.69, 9.17) is 9.16 Å². The fourth-order valence-electron chi connectivity index (χ4n) is 1.21. The van der Waals surface area contributed by atoms with Crippen molar-refractivity contribution in [2.75, 3.05) is 7.11 Å². The Morgan fingerprint density at radius 1 is 1.25 bits per heavy atom. The van der Waals surface area contributed by atoms with Gasteiger partial charge in [0.1, 0.15) is 5.75 Å². The highest BCUT2D eigenvalue weighted by atomic mass is 79.9. The molecule has 0 atom stereocenters. The summed E-state index contributed by atoms with van der Waals surface area (Å²) >= 11 is 3.31. The normalized spacial score (nSPS) is 11.1. The zero-order chi connectivity index (χ0) is 12.3. The first-order chi connectivity index (χ1) is 7.37. The molecule has 0 saturated carbocycles. The van der Waals surface area contributed by atoms with Crippen LogP contribution in [-0.4, -0.2) is 21.7 Å². The molecule has 0 unspecified atom stereocenters. The Morgan fingerprint density at radius 2 is 1.88 bits per heavy atom. The van der Waals surface area contributed by atoms with Crippen LogP contribution in [-0.2, 0) is 0 Å². The Balaban J connectivity index is 3.20. The molecule has 0 aliphatic heterocycles. The second-order valence-electron chi connectivity index (χ2n) is 4.36. The van der Waals surface area contributed by atoms with Gasteiger partial charge in [-0.1, -0.05) is 0 Å². The first kappa shape index (κ1) is 13.3. The molecule has 0 aliphatic carbocycles. The molecule has 0 aliphatic rings. The molecular weight excluding hydrogens is 288 g/mol. The van der Waals surface area contributed by atoms with E-state index in [1.165, 1.54) is 0 Å². The van der Waals surface area contributed by atoms with Crippen LogP contribution >= 0.6 is 15.9 Å². The van der Waals surface area contributed by atoms with Crippen molar-refractivity contribution < 1.29 is 14.0 Å². The van der Waals surface area contributed by atoms with Gasteiger partial charge in [0.15, 0.2) is 12.0 Å². The molecule has 0 spiro atoms. The molecule has 1 aromatic rings. The second-order valence-corrected chi connectivity index (χ2v) is 9.64. The van der Waals surface area contributed by atoms with Crippen molar-refractivity contribution in [3.05, 3.63) is 22.2 Å². The maximum atomic E-state index is 10.8. The molecule has 0 fully saturated rings. The van der Waals surface area contributed by atoms with Crippen LogP contribution in [0.15, 0.2) is 16.6 Å². The standard InChI is InChI=1S/C11H15BrO3Si/c1-14-10-6-9(12)8(7-13)5-11(10)15-16(2,3)4/h5-7H,1-4H3. The van der Waals surface area contributed by atoms with Gasteiger partial charge in [0, 0.05) is 10.0 Å². The highest BCUT2D eigenvalue weighted by Crippen LogP contribution is 2.34. The summed E-state index contributed by atoms with van der Waals surface area (Å²) in [5.74, 6) is 1.27. The average Bonchev–Trinajstić information content (AvgIpc) is 2.18. The van der Waals surface area contributed by atoms with E-state index in [1.54, 1.807) is 19.2 Å². The molecular formula is C11H15BrO3Si. The predicted molar refractivity (Wildman–Crippen MR) is 70.1 cm³/mol. The third-order valence-electron chi connectivity index (χ3n) is 1.83. The average molecular weight is 303 g/mol. The summed E-state index contributed by atoms with van der Waals surface area (Å²) in [6.07, 6.45) is 0.792. The largest absolute Gasteiger partial charge is 0.542 e. The summed E-state index contributed by atoms with van der Waals surface area (Å²) in [7, 11) is -0.127. The van der Waals surface area contributed by atoms with Gasteiger partial charge in [-0.2, -0.15) is 0 Å². The summed E-state index contributed by atoms with van der Waals surface area (Å²) < 4.78 is 11.8. The predicted octanol–water partition coefficient (Wildman–Crippen LogP) is 3.48. The maximum Gasteiger partial charge on any atom is 0.242 e. The fourth-order valence-corrected chi connectivity index (χ4v) is 2.45. The molecule has 0 aromatic heterocycles. The highest BCUT2D eigenvalue weighted by Gasteiger charge is 2.19. The third-order valence-corrected chi connectivity index (χ3v) is 3.35. The molecule has 0 amide bonds. The summed E-state index contributed by atoms with van der Waals surface area (Å²) in [5.41, 5.74) is 0.564. The van der Waals surface area contributed by atoms with Gasteiger partial charge in [-0.3, -0.25) is 4.79 Å². The molecule has 3 nitrogen and oxygen atoms in total. The Bertz CT molecular complexity index is 399.